The van der Waals surface area contributed by atoms with Gasteiger partial charge in [-0.15, -0.1) is 0 Å². The van der Waals surface area contributed by atoms with Crippen molar-refractivity contribution in [2.24, 2.45) is 0 Å². The molecule has 1 heterocycles. The smallest absolute Gasteiger partial charge is 0.239 e. The minimum atomic E-state index is -0.674. The van der Waals surface area contributed by atoms with Crippen LogP contribution in [-0.2, 0) is 4.79 Å². The zero-order chi connectivity index (χ0) is 16.3. The number of carbonyl (C=O) groups excluding carboxylic acids is 1. The van der Waals surface area contributed by atoms with E-state index in [-0.39, 0.29) is 18.0 Å². The summed E-state index contributed by atoms with van der Waals surface area (Å²) < 4.78 is 1.04. The highest BCUT2D eigenvalue weighted by Gasteiger charge is 2.37. The minimum absolute atomic E-state index is 0.0828. The number of nitrogens with zero attached hydrogens (tertiary/aromatic N) is 1. The number of halogens is 1. The maximum absolute atomic E-state index is 12.5. The van der Waals surface area contributed by atoms with Crippen LogP contribution >= 0.6 is 15.9 Å². The highest BCUT2D eigenvalue weighted by Crippen LogP contribution is 2.29. The zero-order valence-corrected chi connectivity index (χ0v) is 14.5. The number of nitriles is 1. The fourth-order valence-electron chi connectivity index (χ4n) is 3.38. The summed E-state index contributed by atoms with van der Waals surface area (Å²) in [6, 6.07) is 10.2. The van der Waals surface area contributed by atoms with E-state index < -0.39 is 5.54 Å². The monoisotopic (exact) mass is 376 g/mol. The molecule has 1 aromatic carbocycles. The number of hydrogen-bond donors (Lipinski definition) is 3. The SMILES string of the molecule is N#CC1(NC(=O)C2CC(c3ccc(Br)cc3)NN2)CCCCC1. The van der Waals surface area contributed by atoms with Gasteiger partial charge in [0.15, 0.2) is 0 Å². The molecule has 3 N–H and O–H groups in total. The molecule has 1 aliphatic heterocycles. The van der Waals surface area contributed by atoms with Crippen LogP contribution in [0.4, 0.5) is 0 Å². The lowest BCUT2D eigenvalue weighted by Crippen LogP contribution is -2.54. The molecule has 1 saturated carbocycles. The summed E-state index contributed by atoms with van der Waals surface area (Å²) in [7, 11) is 0. The third kappa shape index (κ3) is 3.74. The van der Waals surface area contributed by atoms with Gasteiger partial charge in [-0.05, 0) is 37.0 Å². The topological polar surface area (TPSA) is 77.0 Å². The van der Waals surface area contributed by atoms with Crippen LogP contribution in [0.15, 0.2) is 28.7 Å². The number of benzene rings is 1. The maximum Gasteiger partial charge on any atom is 0.239 e. The van der Waals surface area contributed by atoms with Crippen LogP contribution in [0.3, 0.4) is 0 Å². The first-order chi connectivity index (χ1) is 11.1. The van der Waals surface area contributed by atoms with E-state index in [1.165, 1.54) is 0 Å². The Morgan fingerprint density at radius 1 is 1.22 bits per heavy atom. The Morgan fingerprint density at radius 3 is 2.57 bits per heavy atom. The van der Waals surface area contributed by atoms with Crippen molar-refractivity contribution in [3.8, 4) is 6.07 Å². The molecule has 3 rings (SSSR count). The van der Waals surface area contributed by atoms with Gasteiger partial charge in [-0.25, -0.2) is 10.9 Å². The Morgan fingerprint density at radius 2 is 1.91 bits per heavy atom. The van der Waals surface area contributed by atoms with Crippen molar-refractivity contribution in [3.63, 3.8) is 0 Å². The number of nitrogens with one attached hydrogen (secondary N) is 3. The quantitative estimate of drug-likeness (QED) is 0.757. The number of hydrazine groups is 1. The summed E-state index contributed by atoms with van der Waals surface area (Å²) in [5, 5.41) is 12.5. The maximum atomic E-state index is 12.5. The Labute approximate surface area is 144 Å². The van der Waals surface area contributed by atoms with Crippen molar-refractivity contribution in [3.05, 3.63) is 34.3 Å². The van der Waals surface area contributed by atoms with Crippen LogP contribution < -0.4 is 16.2 Å². The van der Waals surface area contributed by atoms with Crippen LogP contribution in [0.25, 0.3) is 0 Å². The summed E-state index contributed by atoms with van der Waals surface area (Å²) in [4.78, 5) is 12.5. The molecule has 6 heteroatoms. The standard InChI is InChI=1S/C17H21BrN4O/c18-13-6-4-12(5-7-13)14-10-15(22-21-14)16(23)20-17(11-19)8-2-1-3-9-17/h4-7,14-15,21-22H,1-3,8-10H2,(H,20,23). The fraction of sp³-hybridized carbons (Fsp3) is 0.529. The summed E-state index contributed by atoms with van der Waals surface area (Å²) in [6.45, 7) is 0. The molecule has 1 aromatic rings. The molecule has 0 spiro atoms. The molecule has 122 valence electrons. The summed E-state index contributed by atoms with van der Waals surface area (Å²) in [5.41, 5.74) is 6.72. The van der Waals surface area contributed by atoms with E-state index in [0.717, 1.165) is 42.1 Å². The van der Waals surface area contributed by atoms with Gasteiger partial charge < -0.3 is 5.32 Å². The molecule has 23 heavy (non-hydrogen) atoms. The molecule has 0 aromatic heterocycles. The van der Waals surface area contributed by atoms with Crippen LogP contribution in [-0.4, -0.2) is 17.5 Å². The second-order valence-corrected chi connectivity index (χ2v) is 7.34. The van der Waals surface area contributed by atoms with Crippen molar-refractivity contribution < 1.29 is 4.79 Å². The van der Waals surface area contributed by atoms with Crippen molar-refractivity contribution >= 4 is 21.8 Å². The Hall–Kier alpha value is -1.42. The van der Waals surface area contributed by atoms with Crippen molar-refractivity contribution in [2.75, 3.05) is 0 Å². The Balaban J connectivity index is 1.61. The largest absolute Gasteiger partial charge is 0.336 e. The molecule has 2 fully saturated rings. The van der Waals surface area contributed by atoms with E-state index in [2.05, 4.69) is 38.2 Å². The highest BCUT2D eigenvalue weighted by atomic mass is 79.9. The normalized spacial score (nSPS) is 26.4. The molecule has 2 atom stereocenters. The molecule has 5 nitrogen and oxygen atoms in total. The molecule has 2 aliphatic rings. The van der Waals surface area contributed by atoms with Crippen LogP contribution in [0.2, 0.25) is 0 Å². The molecule has 1 aliphatic carbocycles. The summed E-state index contributed by atoms with van der Waals surface area (Å²) in [5.74, 6) is -0.0828. The molecule has 2 unspecified atom stereocenters. The lowest BCUT2D eigenvalue weighted by Gasteiger charge is -2.32. The number of carbonyl (C=O) groups is 1. The lowest BCUT2D eigenvalue weighted by atomic mass is 9.82. The molecule has 0 radical (unpaired) electrons. The zero-order valence-electron chi connectivity index (χ0n) is 12.9. The predicted octanol–water partition coefficient (Wildman–Crippen LogP) is 2.70. The lowest BCUT2D eigenvalue weighted by molar-refractivity contribution is -0.124. The molecule has 1 amide bonds. The van der Waals surface area contributed by atoms with Crippen molar-refractivity contribution in [1.29, 1.82) is 5.26 Å². The van der Waals surface area contributed by atoms with Gasteiger partial charge in [0.05, 0.1) is 6.07 Å². The number of amides is 1. The van der Waals surface area contributed by atoms with Crippen LogP contribution in [0.5, 0.6) is 0 Å². The van der Waals surface area contributed by atoms with Gasteiger partial charge >= 0.3 is 0 Å². The first-order valence-electron chi connectivity index (χ1n) is 8.12. The first-order valence-corrected chi connectivity index (χ1v) is 8.91. The van der Waals surface area contributed by atoms with Gasteiger partial charge in [0, 0.05) is 10.5 Å². The fourth-order valence-corrected chi connectivity index (χ4v) is 3.65. The van der Waals surface area contributed by atoms with Gasteiger partial charge in [0.25, 0.3) is 0 Å². The van der Waals surface area contributed by atoms with Crippen molar-refractivity contribution in [1.82, 2.24) is 16.2 Å². The molecular formula is C17H21BrN4O. The van der Waals surface area contributed by atoms with Gasteiger partial charge in [0.2, 0.25) is 5.91 Å². The van der Waals surface area contributed by atoms with E-state index in [1.807, 2.05) is 24.3 Å². The van der Waals surface area contributed by atoms with E-state index >= 15 is 0 Å². The third-order valence-electron chi connectivity index (χ3n) is 4.78. The predicted molar refractivity (Wildman–Crippen MR) is 91.1 cm³/mol. The van der Waals surface area contributed by atoms with Gasteiger partial charge in [-0.1, -0.05) is 47.3 Å². The number of hydrogen-bond acceptors (Lipinski definition) is 4. The summed E-state index contributed by atoms with van der Waals surface area (Å²) in [6.07, 6.45) is 5.34. The highest BCUT2D eigenvalue weighted by molar-refractivity contribution is 9.10. The summed E-state index contributed by atoms with van der Waals surface area (Å²) >= 11 is 3.43. The second-order valence-electron chi connectivity index (χ2n) is 6.42. The van der Waals surface area contributed by atoms with E-state index in [9.17, 15) is 10.1 Å². The Bertz CT molecular complexity index is 604. The first kappa shape index (κ1) is 16.4. The Kier molecular flexibility index (Phi) is 5.00. The van der Waals surface area contributed by atoms with Gasteiger partial charge in [-0.2, -0.15) is 5.26 Å². The van der Waals surface area contributed by atoms with Crippen molar-refractivity contribution in [2.45, 2.75) is 56.1 Å². The average molecular weight is 377 g/mol. The molecular weight excluding hydrogens is 356 g/mol. The minimum Gasteiger partial charge on any atom is -0.336 e. The average Bonchev–Trinajstić information content (AvgIpc) is 3.06. The van der Waals surface area contributed by atoms with E-state index in [1.54, 1.807) is 0 Å². The van der Waals surface area contributed by atoms with Crippen LogP contribution in [0.1, 0.15) is 50.1 Å². The van der Waals surface area contributed by atoms with E-state index in [0.29, 0.717) is 6.42 Å². The second kappa shape index (κ2) is 7.00. The molecule has 1 saturated heterocycles. The molecule has 0 bridgehead atoms. The van der Waals surface area contributed by atoms with Gasteiger partial charge in [0.1, 0.15) is 11.6 Å². The number of rotatable bonds is 3. The third-order valence-corrected chi connectivity index (χ3v) is 5.30. The van der Waals surface area contributed by atoms with Crippen LogP contribution in [0, 0.1) is 11.3 Å². The van der Waals surface area contributed by atoms with Gasteiger partial charge in [-0.3, -0.25) is 4.79 Å². The van der Waals surface area contributed by atoms with E-state index in [4.69, 9.17) is 0 Å².